The molecule has 1 aliphatic rings. The van der Waals surface area contributed by atoms with Crippen LogP contribution in [0.3, 0.4) is 0 Å². The number of piperidine rings is 1. The number of benzene rings is 1. The van der Waals surface area contributed by atoms with E-state index in [1.165, 1.54) is 5.56 Å². The molecule has 0 bridgehead atoms. The fourth-order valence-electron chi connectivity index (χ4n) is 2.96. The Morgan fingerprint density at radius 3 is 2.58 bits per heavy atom. The van der Waals surface area contributed by atoms with E-state index in [9.17, 15) is 9.90 Å². The first kappa shape index (κ1) is 20.9. The van der Waals surface area contributed by atoms with Gasteiger partial charge in [-0.2, -0.15) is 0 Å². The van der Waals surface area contributed by atoms with Gasteiger partial charge in [-0.3, -0.25) is 9.69 Å². The second-order valence-corrected chi connectivity index (χ2v) is 6.39. The second-order valence-electron chi connectivity index (χ2n) is 6.39. The molecule has 1 saturated heterocycles. The number of hydrogen-bond donors (Lipinski definition) is 3. The summed E-state index contributed by atoms with van der Waals surface area (Å²) >= 11 is 0. The van der Waals surface area contributed by atoms with Crippen LogP contribution in [-0.4, -0.2) is 41.1 Å². The van der Waals surface area contributed by atoms with E-state index in [1.54, 1.807) is 0 Å². The zero-order chi connectivity index (χ0) is 16.7. The zero-order valence-corrected chi connectivity index (χ0v) is 15.2. The number of halogens is 1. The summed E-state index contributed by atoms with van der Waals surface area (Å²) in [5.74, 6) is -0.0808. The van der Waals surface area contributed by atoms with Crippen molar-refractivity contribution in [1.82, 2.24) is 10.2 Å². The van der Waals surface area contributed by atoms with Crippen LogP contribution in [0.25, 0.3) is 0 Å². The number of carbonyl (C=O) groups is 1. The SMILES string of the molecule is CCCC(N)C(=O)NCc1ccccc1CN1CCC(O)CC1.Cl. The smallest absolute Gasteiger partial charge is 0.237 e. The molecule has 0 saturated carbocycles. The van der Waals surface area contributed by atoms with E-state index in [2.05, 4.69) is 22.3 Å². The van der Waals surface area contributed by atoms with Crippen molar-refractivity contribution in [2.45, 2.75) is 57.8 Å². The third-order valence-electron chi connectivity index (χ3n) is 4.46. The van der Waals surface area contributed by atoms with Crippen LogP contribution in [0.1, 0.15) is 43.7 Å². The van der Waals surface area contributed by atoms with Crippen LogP contribution in [0, 0.1) is 0 Å². The Bertz CT molecular complexity index is 505. The summed E-state index contributed by atoms with van der Waals surface area (Å²) in [6.07, 6.45) is 3.14. The van der Waals surface area contributed by atoms with Crippen LogP contribution in [-0.2, 0) is 17.9 Å². The van der Waals surface area contributed by atoms with Gasteiger partial charge >= 0.3 is 0 Å². The number of nitrogens with zero attached hydrogens (tertiary/aromatic N) is 1. The highest BCUT2D eigenvalue weighted by atomic mass is 35.5. The van der Waals surface area contributed by atoms with Gasteiger partial charge in [0.05, 0.1) is 12.1 Å². The summed E-state index contributed by atoms with van der Waals surface area (Å²) in [6.45, 7) is 5.24. The molecule has 1 fully saturated rings. The van der Waals surface area contributed by atoms with Gasteiger partial charge in [0.1, 0.15) is 0 Å². The predicted molar refractivity (Wildman–Crippen MR) is 98.9 cm³/mol. The average Bonchev–Trinajstić information content (AvgIpc) is 2.56. The van der Waals surface area contributed by atoms with E-state index in [-0.39, 0.29) is 24.4 Å². The standard InChI is InChI=1S/C18H29N3O2.ClH/c1-2-5-17(19)18(23)20-12-14-6-3-4-7-15(14)13-21-10-8-16(22)9-11-21;/h3-4,6-7,16-17,22H,2,5,8-13,19H2,1H3,(H,20,23);1H. The maximum atomic E-state index is 12.0. The van der Waals surface area contributed by atoms with Crippen molar-refractivity contribution in [3.05, 3.63) is 35.4 Å². The lowest BCUT2D eigenvalue weighted by Gasteiger charge is -2.30. The monoisotopic (exact) mass is 355 g/mol. The molecule has 136 valence electrons. The number of nitrogens with one attached hydrogen (secondary N) is 1. The molecule has 24 heavy (non-hydrogen) atoms. The quantitative estimate of drug-likeness (QED) is 0.697. The normalized spacial score (nSPS) is 17.1. The lowest BCUT2D eigenvalue weighted by atomic mass is 10.0. The molecule has 6 heteroatoms. The molecule has 0 radical (unpaired) electrons. The van der Waals surface area contributed by atoms with Gasteiger partial charge in [0.25, 0.3) is 0 Å². The molecule has 1 aromatic rings. The van der Waals surface area contributed by atoms with E-state index in [4.69, 9.17) is 5.73 Å². The minimum Gasteiger partial charge on any atom is -0.393 e. The molecule has 1 aromatic carbocycles. The number of aliphatic hydroxyl groups excluding tert-OH is 1. The number of amides is 1. The summed E-state index contributed by atoms with van der Waals surface area (Å²) in [7, 11) is 0. The molecule has 1 heterocycles. The molecule has 1 aliphatic heterocycles. The summed E-state index contributed by atoms with van der Waals surface area (Å²) in [5.41, 5.74) is 8.21. The van der Waals surface area contributed by atoms with Crippen molar-refractivity contribution in [1.29, 1.82) is 0 Å². The Kier molecular flexibility index (Phi) is 9.29. The second kappa shape index (κ2) is 10.7. The summed E-state index contributed by atoms with van der Waals surface area (Å²) in [5, 5.41) is 12.5. The maximum absolute atomic E-state index is 12.0. The Morgan fingerprint density at radius 1 is 1.33 bits per heavy atom. The van der Waals surface area contributed by atoms with Crippen molar-refractivity contribution in [2.24, 2.45) is 5.73 Å². The van der Waals surface area contributed by atoms with Gasteiger partial charge < -0.3 is 16.2 Å². The molecular weight excluding hydrogens is 326 g/mol. The molecule has 1 amide bonds. The van der Waals surface area contributed by atoms with Gasteiger partial charge in [-0.15, -0.1) is 12.4 Å². The van der Waals surface area contributed by atoms with Gasteiger partial charge in [0.2, 0.25) is 5.91 Å². The van der Waals surface area contributed by atoms with Crippen LogP contribution in [0.4, 0.5) is 0 Å². The first-order chi connectivity index (χ1) is 11.1. The molecule has 1 atom stereocenters. The van der Waals surface area contributed by atoms with Gasteiger partial charge in [0.15, 0.2) is 0 Å². The number of hydrogen-bond acceptors (Lipinski definition) is 4. The van der Waals surface area contributed by atoms with Crippen molar-refractivity contribution < 1.29 is 9.90 Å². The number of nitrogens with two attached hydrogens (primary N) is 1. The van der Waals surface area contributed by atoms with Gasteiger partial charge in [-0.1, -0.05) is 37.6 Å². The molecule has 0 spiro atoms. The lowest BCUT2D eigenvalue weighted by Crippen LogP contribution is -2.40. The first-order valence-electron chi connectivity index (χ1n) is 8.60. The molecule has 0 aromatic heterocycles. The molecular formula is C18H30ClN3O2. The fraction of sp³-hybridized carbons (Fsp3) is 0.611. The van der Waals surface area contributed by atoms with Crippen molar-refractivity contribution in [2.75, 3.05) is 13.1 Å². The van der Waals surface area contributed by atoms with Crippen molar-refractivity contribution >= 4 is 18.3 Å². The Morgan fingerprint density at radius 2 is 1.96 bits per heavy atom. The topological polar surface area (TPSA) is 78.6 Å². The summed E-state index contributed by atoms with van der Waals surface area (Å²) in [6, 6.07) is 7.77. The Balaban J connectivity index is 0.00000288. The highest BCUT2D eigenvalue weighted by molar-refractivity contribution is 5.85. The van der Waals surface area contributed by atoms with Gasteiger partial charge in [-0.25, -0.2) is 0 Å². The van der Waals surface area contributed by atoms with E-state index in [0.29, 0.717) is 13.0 Å². The molecule has 4 N–H and O–H groups in total. The van der Waals surface area contributed by atoms with Crippen LogP contribution in [0.15, 0.2) is 24.3 Å². The first-order valence-corrected chi connectivity index (χ1v) is 8.60. The Labute approximate surface area is 151 Å². The summed E-state index contributed by atoms with van der Waals surface area (Å²) < 4.78 is 0. The highest BCUT2D eigenvalue weighted by Crippen LogP contribution is 2.16. The molecule has 1 unspecified atom stereocenters. The highest BCUT2D eigenvalue weighted by Gasteiger charge is 2.18. The Hall–Kier alpha value is -1.14. The van der Waals surface area contributed by atoms with Crippen LogP contribution in [0.2, 0.25) is 0 Å². The number of likely N-dealkylation sites (tertiary alicyclic amines) is 1. The third kappa shape index (κ3) is 6.40. The van der Waals surface area contributed by atoms with Crippen molar-refractivity contribution in [3.8, 4) is 0 Å². The van der Waals surface area contributed by atoms with E-state index in [0.717, 1.165) is 44.5 Å². The van der Waals surface area contributed by atoms with Gasteiger partial charge in [0, 0.05) is 26.2 Å². The predicted octanol–water partition coefficient (Wildman–Crippen LogP) is 1.81. The van der Waals surface area contributed by atoms with E-state index < -0.39 is 6.04 Å². The van der Waals surface area contributed by atoms with Crippen LogP contribution in [0.5, 0.6) is 0 Å². The third-order valence-corrected chi connectivity index (χ3v) is 4.46. The molecule has 0 aliphatic carbocycles. The van der Waals surface area contributed by atoms with E-state index in [1.807, 2.05) is 19.1 Å². The number of aliphatic hydroxyl groups is 1. The molecule has 2 rings (SSSR count). The van der Waals surface area contributed by atoms with E-state index >= 15 is 0 Å². The summed E-state index contributed by atoms with van der Waals surface area (Å²) in [4.78, 5) is 14.3. The largest absolute Gasteiger partial charge is 0.393 e. The van der Waals surface area contributed by atoms with Crippen LogP contribution < -0.4 is 11.1 Å². The number of rotatable bonds is 7. The van der Waals surface area contributed by atoms with Gasteiger partial charge in [-0.05, 0) is 30.4 Å². The maximum Gasteiger partial charge on any atom is 0.237 e. The average molecular weight is 356 g/mol. The fourth-order valence-corrected chi connectivity index (χ4v) is 2.96. The lowest BCUT2D eigenvalue weighted by molar-refractivity contribution is -0.122. The molecule has 5 nitrogen and oxygen atoms in total. The zero-order valence-electron chi connectivity index (χ0n) is 14.4. The van der Waals surface area contributed by atoms with Crippen LogP contribution >= 0.6 is 12.4 Å². The number of carbonyl (C=O) groups excluding carboxylic acids is 1. The minimum absolute atomic E-state index is 0. The minimum atomic E-state index is -0.421. The van der Waals surface area contributed by atoms with Crippen molar-refractivity contribution in [3.63, 3.8) is 0 Å².